The van der Waals surface area contributed by atoms with Crippen molar-refractivity contribution >= 4 is 0 Å². The van der Waals surface area contributed by atoms with Gasteiger partial charge in [-0.3, -0.25) is 4.90 Å². The Morgan fingerprint density at radius 2 is 1.78 bits per heavy atom. The summed E-state index contributed by atoms with van der Waals surface area (Å²) in [5.74, 6) is 0. The van der Waals surface area contributed by atoms with Crippen molar-refractivity contribution in [3.63, 3.8) is 0 Å². The molecule has 2 unspecified atom stereocenters. The summed E-state index contributed by atoms with van der Waals surface area (Å²) in [6.45, 7) is 10.3. The van der Waals surface area contributed by atoms with Gasteiger partial charge in [0.1, 0.15) is 0 Å². The number of ether oxygens (including phenoxy) is 2. The van der Waals surface area contributed by atoms with Crippen LogP contribution in [0.15, 0.2) is 0 Å². The van der Waals surface area contributed by atoms with Crippen LogP contribution in [0, 0.1) is 0 Å². The van der Waals surface area contributed by atoms with Crippen molar-refractivity contribution in [1.82, 2.24) is 4.90 Å². The van der Waals surface area contributed by atoms with Crippen molar-refractivity contribution in [3.8, 4) is 0 Å². The van der Waals surface area contributed by atoms with Crippen LogP contribution in [0.1, 0.15) is 27.7 Å². The first-order chi connectivity index (χ1) is 8.21. The topological polar surface area (TPSA) is 68.0 Å². The minimum atomic E-state index is -0.234. The Morgan fingerprint density at radius 1 is 1.28 bits per heavy atom. The molecule has 0 saturated carbocycles. The van der Waals surface area contributed by atoms with E-state index < -0.39 is 0 Å². The molecular formula is C13H28N2O3. The Labute approximate surface area is 110 Å². The summed E-state index contributed by atoms with van der Waals surface area (Å²) in [6.07, 6.45) is 0. The highest BCUT2D eigenvalue weighted by atomic mass is 16.5. The standard InChI is InChI=1S/C13H28N2O3/c1-12(2)8-15(9-13(3,4)18-12)11(6-16)10(14)7-17-5/h10-11,16H,6-9,14H2,1-5H3. The van der Waals surface area contributed by atoms with E-state index in [9.17, 15) is 5.11 Å². The molecule has 1 aliphatic heterocycles. The third-order valence-corrected chi connectivity index (χ3v) is 3.23. The molecule has 1 aliphatic rings. The molecular weight excluding hydrogens is 232 g/mol. The molecule has 18 heavy (non-hydrogen) atoms. The summed E-state index contributed by atoms with van der Waals surface area (Å²) in [4.78, 5) is 2.22. The average molecular weight is 260 g/mol. The molecule has 0 aliphatic carbocycles. The Bertz CT molecular complexity index is 253. The van der Waals surface area contributed by atoms with Crippen LogP contribution in [0.5, 0.6) is 0 Å². The lowest BCUT2D eigenvalue weighted by Gasteiger charge is -2.50. The fourth-order valence-electron chi connectivity index (χ4n) is 2.91. The molecule has 5 nitrogen and oxygen atoms in total. The van der Waals surface area contributed by atoms with E-state index in [0.717, 1.165) is 13.1 Å². The van der Waals surface area contributed by atoms with Gasteiger partial charge in [-0.05, 0) is 27.7 Å². The Balaban J connectivity index is 2.79. The van der Waals surface area contributed by atoms with Crippen molar-refractivity contribution in [2.45, 2.75) is 51.0 Å². The first kappa shape index (κ1) is 15.9. The molecule has 1 heterocycles. The number of rotatable bonds is 5. The molecule has 0 aromatic rings. The molecule has 2 atom stereocenters. The molecule has 3 N–H and O–H groups in total. The van der Waals surface area contributed by atoms with Gasteiger partial charge in [0.15, 0.2) is 0 Å². The van der Waals surface area contributed by atoms with E-state index in [-0.39, 0.29) is 29.9 Å². The van der Waals surface area contributed by atoms with E-state index in [4.69, 9.17) is 15.2 Å². The predicted molar refractivity (Wildman–Crippen MR) is 71.5 cm³/mol. The molecule has 5 heteroatoms. The summed E-state index contributed by atoms with van der Waals surface area (Å²) < 4.78 is 11.1. The van der Waals surface area contributed by atoms with Crippen LogP contribution in [0.2, 0.25) is 0 Å². The molecule has 0 radical (unpaired) electrons. The molecule has 0 bridgehead atoms. The Kier molecular flexibility index (Phi) is 5.14. The smallest absolute Gasteiger partial charge is 0.0760 e. The SMILES string of the molecule is COCC(N)C(CO)N1CC(C)(C)OC(C)(C)C1. The highest BCUT2D eigenvalue weighted by Crippen LogP contribution is 2.29. The largest absolute Gasteiger partial charge is 0.395 e. The van der Waals surface area contributed by atoms with Gasteiger partial charge in [-0.15, -0.1) is 0 Å². The quantitative estimate of drug-likeness (QED) is 0.739. The maximum atomic E-state index is 9.60. The summed E-state index contributed by atoms with van der Waals surface area (Å²) >= 11 is 0. The van der Waals surface area contributed by atoms with Gasteiger partial charge < -0.3 is 20.3 Å². The lowest BCUT2D eigenvalue weighted by molar-refractivity contribution is -0.191. The number of morpholine rings is 1. The number of hydrogen-bond donors (Lipinski definition) is 2. The molecule has 108 valence electrons. The first-order valence-electron chi connectivity index (χ1n) is 6.50. The van der Waals surface area contributed by atoms with Gasteiger partial charge in [-0.1, -0.05) is 0 Å². The van der Waals surface area contributed by atoms with Gasteiger partial charge in [0, 0.05) is 26.2 Å². The third-order valence-electron chi connectivity index (χ3n) is 3.23. The third kappa shape index (κ3) is 4.17. The Hall–Kier alpha value is -0.200. The van der Waals surface area contributed by atoms with Crippen LogP contribution in [0.3, 0.4) is 0 Å². The average Bonchev–Trinajstić information content (AvgIpc) is 2.13. The predicted octanol–water partition coefficient (Wildman–Crippen LogP) is 0.210. The molecule has 0 aromatic heterocycles. The van der Waals surface area contributed by atoms with E-state index in [0.29, 0.717) is 6.61 Å². The normalized spacial score (nSPS) is 26.8. The van der Waals surface area contributed by atoms with Crippen molar-refractivity contribution < 1.29 is 14.6 Å². The van der Waals surface area contributed by atoms with Gasteiger partial charge in [-0.25, -0.2) is 0 Å². The van der Waals surface area contributed by atoms with Crippen molar-refractivity contribution in [2.75, 3.05) is 33.4 Å². The lowest BCUT2D eigenvalue weighted by atomic mass is 9.95. The zero-order valence-corrected chi connectivity index (χ0v) is 12.3. The first-order valence-corrected chi connectivity index (χ1v) is 6.50. The summed E-state index contributed by atoms with van der Waals surface area (Å²) in [6, 6.07) is -0.280. The van der Waals surface area contributed by atoms with Gasteiger partial charge in [0.2, 0.25) is 0 Å². The van der Waals surface area contributed by atoms with Crippen LogP contribution in [-0.4, -0.2) is 66.7 Å². The summed E-state index contributed by atoms with van der Waals surface area (Å²) in [7, 11) is 1.63. The molecule has 0 spiro atoms. The van der Waals surface area contributed by atoms with Gasteiger partial charge in [0.05, 0.1) is 30.5 Å². The summed E-state index contributed by atoms with van der Waals surface area (Å²) in [5.41, 5.74) is 5.61. The number of aliphatic hydroxyl groups excluding tert-OH is 1. The van der Waals surface area contributed by atoms with E-state index >= 15 is 0 Å². The van der Waals surface area contributed by atoms with E-state index in [1.54, 1.807) is 7.11 Å². The number of methoxy groups -OCH3 is 1. The van der Waals surface area contributed by atoms with Crippen molar-refractivity contribution in [2.24, 2.45) is 5.73 Å². The molecule has 1 rings (SSSR count). The maximum absolute atomic E-state index is 9.60. The highest BCUT2D eigenvalue weighted by molar-refractivity contribution is 4.94. The number of nitrogens with zero attached hydrogens (tertiary/aromatic N) is 1. The zero-order valence-electron chi connectivity index (χ0n) is 12.3. The molecule has 1 saturated heterocycles. The van der Waals surface area contributed by atoms with Crippen molar-refractivity contribution in [3.05, 3.63) is 0 Å². The van der Waals surface area contributed by atoms with Crippen LogP contribution in [0.4, 0.5) is 0 Å². The summed E-state index contributed by atoms with van der Waals surface area (Å²) in [5, 5.41) is 9.60. The second kappa shape index (κ2) is 5.84. The van der Waals surface area contributed by atoms with Crippen molar-refractivity contribution in [1.29, 1.82) is 0 Å². The number of nitrogens with two attached hydrogens (primary N) is 1. The number of aliphatic hydroxyl groups is 1. The van der Waals surface area contributed by atoms with Crippen LogP contribution in [-0.2, 0) is 9.47 Å². The monoisotopic (exact) mass is 260 g/mol. The number of hydrogen-bond acceptors (Lipinski definition) is 5. The maximum Gasteiger partial charge on any atom is 0.0760 e. The molecule has 0 amide bonds. The zero-order chi connectivity index (χ0) is 14.0. The minimum Gasteiger partial charge on any atom is -0.395 e. The fourth-order valence-corrected chi connectivity index (χ4v) is 2.91. The van der Waals surface area contributed by atoms with Crippen LogP contribution in [0.25, 0.3) is 0 Å². The van der Waals surface area contributed by atoms with E-state index in [2.05, 4.69) is 32.6 Å². The minimum absolute atomic E-state index is 0.0384. The van der Waals surface area contributed by atoms with Crippen LogP contribution >= 0.6 is 0 Å². The van der Waals surface area contributed by atoms with Crippen LogP contribution < -0.4 is 5.73 Å². The van der Waals surface area contributed by atoms with Gasteiger partial charge >= 0.3 is 0 Å². The molecule has 1 fully saturated rings. The second-order valence-electron chi connectivity index (χ2n) is 6.40. The highest BCUT2D eigenvalue weighted by Gasteiger charge is 2.41. The fraction of sp³-hybridized carbons (Fsp3) is 1.00. The lowest BCUT2D eigenvalue weighted by Crippen LogP contribution is -2.64. The van der Waals surface area contributed by atoms with E-state index in [1.165, 1.54) is 0 Å². The second-order valence-corrected chi connectivity index (χ2v) is 6.40. The molecule has 0 aromatic carbocycles. The Morgan fingerprint density at radius 3 is 2.17 bits per heavy atom. The van der Waals surface area contributed by atoms with Gasteiger partial charge in [-0.2, -0.15) is 0 Å². The van der Waals surface area contributed by atoms with E-state index in [1.807, 2.05) is 0 Å². The van der Waals surface area contributed by atoms with Gasteiger partial charge in [0.25, 0.3) is 0 Å².